The molecule has 0 saturated heterocycles. The van der Waals surface area contributed by atoms with Crippen LogP contribution in [0.25, 0.3) is 10.9 Å². The molecule has 1 atom stereocenters. The smallest absolute Gasteiger partial charge is 0.245 e. The van der Waals surface area contributed by atoms with Crippen molar-refractivity contribution < 1.29 is 21.6 Å². The number of anilines is 1. The van der Waals surface area contributed by atoms with Crippen LogP contribution in [0, 0.1) is 11.3 Å². The van der Waals surface area contributed by atoms with Gasteiger partial charge in [0.25, 0.3) is 0 Å². The van der Waals surface area contributed by atoms with E-state index in [2.05, 4.69) is 6.07 Å². The number of ether oxygens (including phenoxy) is 1. The minimum Gasteiger partial charge on any atom is -0.497 e. The van der Waals surface area contributed by atoms with Crippen molar-refractivity contribution in [2.75, 3.05) is 23.3 Å². The molecule has 1 unspecified atom stereocenters. The molecular weight excluding hydrogens is 560 g/mol. The molecule has 1 aromatic heterocycles. The first-order chi connectivity index (χ1) is 18.4. The van der Waals surface area contributed by atoms with E-state index < -0.39 is 25.5 Å². The normalized spacial score (nSPS) is 13.5. The zero-order valence-corrected chi connectivity index (χ0v) is 24.2. The van der Waals surface area contributed by atoms with Crippen LogP contribution in [0.2, 0.25) is 5.02 Å². The van der Waals surface area contributed by atoms with Gasteiger partial charge in [0.05, 0.1) is 49.1 Å². The molecule has 0 N–H and O–H groups in total. The Hall–Kier alpha value is -3.59. The number of halogens is 1. The Morgan fingerprint density at radius 1 is 1.00 bits per heavy atom. The van der Waals surface area contributed by atoms with Crippen LogP contribution in [0.15, 0.2) is 66.7 Å². The molecule has 4 rings (SSSR count). The third kappa shape index (κ3) is 5.32. The summed E-state index contributed by atoms with van der Waals surface area (Å²) in [6, 6.07) is 21.2. The predicted molar refractivity (Wildman–Crippen MR) is 152 cm³/mol. The zero-order valence-electron chi connectivity index (χ0n) is 21.8. The molecule has 0 aliphatic heterocycles. The van der Waals surface area contributed by atoms with Gasteiger partial charge < -0.3 is 4.74 Å². The van der Waals surface area contributed by atoms with Gasteiger partial charge in [0.1, 0.15) is 11.2 Å². The van der Waals surface area contributed by atoms with Gasteiger partial charge in [-0.15, -0.1) is 0 Å². The van der Waals surface area contributed by atoms with Crippen molar-refractivity contribution in [1.82, 2.24) is 9.78 Å². The second-order valence-corrected chi connectivity index (χ2v) is 13.5. The molecule has 9 nitrogen and oxygen atoms in total. The van der Waals surface area contributed by atoms with Crippen molar-refractivity contribution in [1.29, 1.82) is 5.26 Å². The van der Waals surface area contributed by atoms with Crippen molar-refractivity contribution in [3.63, 3.8) is 0 Å². The highest BCUT2D eigenvalue weighted by Crippen LogP contribution is 2.42. The lowest BCUT2D eigenvalue weighted by atomic mass is 9.75. The van der Waals surface area contributed by atoms with E-state index in [-0.39, 0.29) is 17.7 Å². The molecule has 204 valence electrons. The van der Waals surface area contributed by atoms with E-state index in [0.29, 0.717) is 37.5 Å². The number of sulfonamides is 2. The van der Waals surface area contributed by atoms with Crippen LogP contribution < -0.4 is 8.45 Å². The molecular formula is C27H27ClN4O5S2. The van der Waals surface area contributed by atoms with Crippen molar-refractivity contribution >= 4 is 48.2 Å². The maximum Gasteiger partial charge on any atom is 0.245 e. The van der Waals surface area contributed by atoms with E-state index in [1.807, 2.05) is 19.1 Å². The van der Waals surface area contributed by atoms with Crippen molar-refractivity contribution in [3.8, 4) is 11.8 Å². The van der Waals surface area contributed by atoms with Crippen molar-refractivity contribution in [2.24, 2.45) is 0 Å². The molecule has 0 spiro atoms. The van der Waals surface area contributed by atoms with Crippen LogP contribution >= 0.6 is 11.6 Å². The molecule has 0 radical (unpaired) electrons. The molecule has 0 saturated carbocycles. The highest BCUT2D eigenvalue weighted by Gasteiger charge is 2.39. The average molecular weight is 587 g/mol. The Balaban J connectivity index is 2.09. The van der Waals surface area contributed by atoms with E-state index in [9.17, 15) is 22.1 Å². The topological polar surface area (TPSA) is 122 Å². The summed E-state index contributed by atoms with van der Waals surface area (Å²) in [6.07, 6.45) is 2.00. The number of aromatic nitrogens is 2. The number of nitrogens with zero attached hydrogens (tertiary/aromatic N) is 4. The van der Waals surface area contributed by atoms with Crippen molar-refractivity contribution in [3.05, 3.63) is 88.6 Å². The van der Waals surface area contributed by atoms with E-state index in [4.69, 9.17) is 21.4 Å². The lowest BCUT2D eigenvalue weighted by Crippen LogP contribution is -2.35. The summed E-state index contributed by atoms with van der Waals surface area (Å²) >= 11 is 6.12. The Labute approximate surface area is 233 Å². The number of fused-ring (bicyclic) bond motifs is 1. The fourth-order valence-corrected chi connectivity index (χ4v) is 7.84. The summed E-state index contributed by atoms with van der Waals surface area (Å²) in [5.41, 5.74) is 0.791. The Morgan fingerprint density at radius 2 is 1.62 bits per heavy atom. The first kappa shape index (κ1) is 28.4. The SMILES string of the molecule is CCC(C#N)(c1ccc(Cl)cc1)c1nn(Cc2ccc(OC)cc2)c2c(N(S(C)(=O)=O)S(C)(=O)=O)cccc12. The zero-order chi connectivity index (χ0) is 28.6. The lowest BCUT2D eigenvalue weighted by molar-refractivity contribution is 0.414. The first-order valence-corrected chi connectivity index (χ1v) is 15.9. The maximum absolute atomic E-state index is 12.8. The second kappa shape index (κ2) is 10.5. The van der Waals surface area contributed by atoms with E-state index in [1.165, 1.54) is 6.07 Å². The Bertz CT molecular complexity index is 1750. The van der Waals surface area contributed by atoms with Crippen LogP contribution in [-0.2, 0) is 32.0 Å². The summed E-state index contributed by atoms with van der Waals surface area (Å²) < 4.78 is 58.3. The predicted octanol–water partition coefficient (Wildman–Crippen LogP) is 4.69. The number of nitriles is 1. The summed E-state index contributed by atoms with van der Waals surface area (Å²) in [7, 11) is -6.95. The maximum atomic E-state index is 12.8. The Kier molecular flexibility index (Phi) is 7.67. The highest BCUT2D eigenvalue weighted by atomic mass is 35.5. The largest absolute Gasteiger partial charge is 0.497 e. The third-order valence-corrected chi connectivity index (χ3v) is 9.98. The summed E-state index contributed by atoms with van der Waals surface area (Å²) in [4.78, 5) is 0. The third-order valence-electron chi connectivity index (χ3n) is 6.50. The minimum absolute atomic E-state index is 0.0798. The standard InChI is InChI=1S/C27H27ClN4O5S2/c1-5-27(18-29,20-11-13-21(28)14-12-20)26-23-7-6-8-24(32(38(3,33)34)39(4,35)36)25(23)31(30-26)17-19-9-15-22(37-2)16-10-19/h6-16H,5,17H2,1-4H3. The second-order valence-electron chi connectivity index (χ2n) is 9.13. The van der Waals surface area contributed by atoms with Crippen LogP contribution in [0.4, 0.5) is 5.69 Å². The first-order valence-electron chi connectivity index (χ1n) is 11.9. The summed E-state index contributed by atoms with van der Waals surface area (Å²) in [6.45, 7) is 2.03. The molecule has 1 heterocycles. The molecule has 12 heteroatoms. The van der Waals surface area contributed by atoms with Gasteiger partial charge in [-0.3, -0.25) is 4.68 Å². The average Bonchev–Trinajstić information content (AvgIpc) is 3.24. The van der Waals surface area contributed by atoms with E-state index in [0.717, 1.165) is 18.1 Å². The van der Waals surface area contributed by atoms with Crippen LogP contribution in [0.5, 0.6) is 5.75 Å². The fraction of sp³-hybridized carbons (Fsp3) is 0.259. The number of hydrogen-bond donors (Lipinski definition) is 0. The monoisotopic (exact) mass is 586 g/mol. The summed E-state index contributed by atoms with van der Waals surface area (Å²) in [5, 5.41) is 16.4. The lowest BCUT2D eigenvalue weighted by Gasteiger charge is -2.24. The van der Waals surface area contributed by atoms with Crippen LogP contribution in [0.1, 0.15) is 30.2 Å². The molecule has 0 aliphatic carbocycles. The molecule has 4 aromatic rings. The quantitative estimate of drug-likeness (QED) is 0.279. The van der Waals surface area contributed by atoms with Crippen LogP contribution in [0.3, 0.4) is 0 Å². The summed E-state index contributed by atoms with van der Waals surface area (Å²) in [5.74, 6) is 0.656. The molecule has 39 heavy (non-hydrogen) atoms. The van der Waals surface area contributed by atoms with Gasteiger partial charge in [-0.05, 0) is 47.9 Å². The van der Waals surface area contributed by atoms with Gasteiger partial charge >= 0.3 is 0 Å². The fourth-order valence-electron chi connectivity index (χ4n) is 4.74. The van der Waals surface area contributed by atoms with Gasteiger partial charge in [0.2, 0.25) is 20.0 Å². The molecule has 0 aliphatic rings. The van der Waals surface area contributed by atoms with Gasteiger partial charge in [0, 0.05) is 10.4 Å². The van der Waals surface area contributed by atoms with Crippen molar-refractivity contribution in [2.45, 2.75) is 25.3 Å². The number of benzene rings is 3. The molecule has 3 aromatic carbocycles. The number of para-hydroxylation sites is 1. The van der Waals surface area contributed by atoms with Gasteiger partial charge in [-0.2, -0.15) is 14.1 Å². The highest BCUT2D eigenvalue weighted by molar-refractivity contribution is 8.09. The van der Waals surface area contributed by atoms with E-state index in [1.54, 1.807) is 60.3 Å². The van der Waals surface area contributed by atoms with Crippen LogP contribution in [-0.4, -0.2) is 46.2 Å². The van der Waals surface area contributed by atoms with E-state index >= 15 is 0 Å². The molecule has 0 bridgehead atoms. The van der Waals surface area contributed by atoms with Gasteiger partial charge in [0.15, 0.2) is 0 Å². The number of methoxy groups -OCH3 is 1. The van der Waals surface area contributed by atoms with Gasteiger partial charge in [-0.25, -0.2) is 16.8 Å². The van der Waals surface area contributed by atoms with Gasteiger partial charge in [-0.1, -0.05) is 54.9 Å². The number of rotatable bonds is 9. The molecule has 0 fully saturated rings. The minimum atomic E-state index is -4.25. The Morgan fingerprint density at radius 3 is 2.13 bits per heavy atom. The number of hydrogen-bond acceptors (Lipinski definition) is 7. The molecule has 0 amide bonds.